The first-order chi connectivity index (χ1) is 15.2. The van der Waals surface area contributed by atoms with Crippen LogP contribution < -0.4 is 0 Å². The van der Waals surface area contributed by atoms with Gasteiger partial charge in [0.15, 0.2) is 6.10 Å². The lowest BCUT2D eigenvalue weighted by Gasteiger charge is -2.29. The molecule has 20 heteroatoms. The topological polar surface area (TPSA) is 78.9 Å². The highest BCUT2D eigenvalue weighted by Gasteiger charge is 2.78. The van der Waals surface area contributed by atoms with Crippen LogP contribution in [0, 0.1) is 0 Å². The summed E-state index contributed by atoms with van der Waals surface area (Å²) in [6, 6.07) is 0. The molecule has 0 aliphatic heterocycles. The molecule has 0 saturated carbocycles. The molecule has 204 valence electrons. The van der Waals surface area contributed by atoms with Crippen molar-refractivity contribution in [2.45, 2.75) is 49.1 Å². The molecule has 0 bridgehead atoms. The van der Waals surface area contributed by atoms with Crippen molar-refractivity contribution in [3.8, 4) is 0 Å². The van der Waals surface area contributed by atoms with Crippen molar-refractivity contribution in [2.75, 3.05) is 13.2 Å². The number of carbonyl (C=O) groups excluding carboxylic acids is 3. The molecule has 0 aromatic carbocycles. The fourth-order valence-electron chi connectivity index (χ4n) is 1.51. The van der Waals surface area contributed by atoms with Crippen LogP contribution in [0.5, 0.6) is 0 Å². The highest BCUT2D eigenvalue weighted by Crippen LogP contribution is 2.48. The summed E-state index contributed by atoms with van der Waals surface area (Å²) in [5, 5.41) is 0. The van der Waals surface area contributed by atoms with E-state index in [4.69, 9.17) is 0 Å². The summed E-state index contributed by atoms with van der Waals surface area (Å²) < 4.78 is 188. The summed E-state index contributed by atoms with van der Waals surface area (Å²) in [6.07, 6.45) is -17.1. The molecule has 0 rings (SSSR count). The second-order valence-electron chi connectivity index (χ2n) is 6.30. The molecular formula is C15H10F14O6. The quantitative estimate of drug-likeness (QED) is 0.175. The van der Waals surface area contributed by atoms with Gasteiger partial charge in [0.05, 0.1) is 0 Å². The smallest absolute Gasteiger partial charge is 0.458 e. The molecule has 0 aliphatic carbocycles. The number of carbonyl (C=O) groups is 3. The first-order valence-corrected chi connectivity index (χ1v) is 8.10. The Balaban J connectivity index is 5.83. The molecule has 1 atom stereocenters. The van der Waals surface area contributed by atoms with Crippen LogP contribution in [0.15, 0.2) is 12.2 Å². The number of hydrogen-bond acceptors (Lipinski definition) is 6. The van der Waals surface area contributed by atoms with E-state index in [2.05, 4.69) is 20.8 Å². The average Bonchev–Trinajstić information content (AvgIpc) is 2.66. The Bertz CT molecular complexity index is 829. The Hall–Kier alpha value is -2.83. The van der Waals surface area contributed by atoms with Gasteiger partial charge in [0.25, 0.3) is 0 Å². The molecular weight excluding hydrogens is 542 g/mol. The molecule has 0 amide bonds. The van der Waals surface area contributed by atoms with Crippen molar-refractivity contribution < 1.29 is 90.1 Å². The van der Waals surface area contributed by atoms with E-state index >= 15 is 0 Å². The minimum absolute atomic E-state index is 0.530. The molecule has 0 spiro atoms. The van der Waals surface area contributed by atoms with Crippen LogP contribution in [0.25, 0.3) is 0 Å². The zero-order valence-electron chi connectivity index (χ0n) is 16.4. The number of halogens is 14. The van der Waals surface area contributed by atoms with Crippen LogP contribution in [0.4, 0.5) is 61.5 Å². The normalized spacial score (nSPS) is 14.7. The third-order valence-corrected chi connectivity index (χ3v) is 3.44. The lowest BCUT2D eigenvalue weighted by Crippen LogP contribution is -2.58. The van der Waals surface area contributed by atoms with Gasteiger partial charge in [-0.1, -0.05) is 6.58 Å². The second-order valence-corrected chi connectivity index (χ2v) is 6.30. The molecule has 0 aromatic heterocycles. The second kappa shape index (κ2) is 10.0. The Morgan fingerprint density at radius 3 is 1.34 bits per heavy atom. The lowest BCUT2D eigenvalue weighted by atomic mass is 10.1. The van der Waals surface area contributed by atoms with Crippen LogP contribution in [0.3, 0.4) is 0 Å². The third-order valence-electron chi connectivity index (χ3n) is 3.44. The predicted molar refractivity (Wildman–Crippen MR) is 78.5 cm³/mol. The van der Waals surface area contributed by atoms with Crippen molar-refractivity contribution in [3.05, 3.63) is 12.2 Å². The van der Waals surface area contributed by atoms with Gasteiger partial charge in [-0.25, -0.2) is 14.4 Å². The van der Waals surface area contributed by atoms with Crippen LogP contribution in [-0.4, -0.2) is 73.3 Å². The van der Waals surface area contributed by atoms with E-state index < -0.39 is 78.8 Å². The van der Waals surface area contributed by atoms with Gasteiger partial charge in [-0.2, -0.15) is 61.5 Å². The predicted octanol–water partition coefficient (Wildman–Crippen LogP) is 4.23. The van der Waals surface area contributed by atoms with Crippen LogP contribution in [0.2, 0.25) is 0 Å². The van der Waals surface area contributed by atoms with E-state index in [1.807, 2.05) is 0 Å². The molecule has 35 heavy (non-hydrogen) atoms. The van der Waals surface area contributed by atoms with Crippen LogP contribution >= 0.6 is 0 Å². The van der Waals surface area contributed by atoms with Crippen molar-refractivity contribution in [3.63, 3.8) is 0 Å². The highest BCUT2D eigenvalue weighted by atomic mass is 19.4. The SMILES string of the molecule is C=C(C)C(=O)OCC(COC(=O)C(F)(F)C(F)(F)C(F)(F)F)OC(=O)C(F)(F)C(F)(F)C(F)(F)F. The largest absolute Gasteiger partial charge is 0.460 e. The van der Waals surface area contributed by atoms with Crippen LogP contribution in [-0.2, 0) is 28.6 Å². The number of alkyl halides is 14. The summed E-state index contributed by atoms with van der Waals surface area (Å²) in [5.41, 5.74) is -0.530. The van der Waals surface area contributed by atoms with Crippen molar-refractivity contribution >= 4 is 17.9 Å². The Morgan fingerprint density at radius 1 is 0.657 bits per heavy atom. The van der Waals surface area contributed by atoms with Gasteiger partial charge in [-0.3, -0.25) is 0 Å². The van der Waals surface area contributed by atoms with E-state index in [0.717, 1.165) is 6.92 Å². The summed E-state index contributed by atoms with van der Waals surface area (Å²) in [7, 11) is 0. The van der Waals surface area contributed by atoms with Crippen molar-refractivity contribution in [1.82, 2.24) is 0 Å². The van der Waals surface area contributed by atoms with Gasteiger partial charge in [0.2, 0.25) is 0 Å². The number of hydrogen-bond donors (Lipinski definition) is 0. The molecule has 6 nitrogen and oxygen atoms in total. The van der Waals surface area contributed by atoms with E-state index in [0.29, 0.717) is 0 Å². The van der Waals surface area contributed by atoms with E-state index in [1.165, 1.54) is 0 Å². The Labute approximate surface area is 183 Å². The summed E-state index contributed by atoms with van der Waals surface area (Å²) in [4.78, 5) is 33.5. The Morgan fingerprint density at radius 2 is 1.00 bits per heavy atom. The first kappa shape index (κ1) is 32.2. The van der Waals surface area contributed by atoms with Gasteiger partial charge in [0, 0.05) is 5.57 Å². The van der Waals surface area contributed by atoms with Gasteiger partial charge >= 0.3 is 54.0 Å². The van der Waals surface area contributed by atoms with E-state index in [9.17, 15) is 75.8 Å². The van der Waals surface area contributed by atoms with Gasteiger partial charge in [-0.15, -0.1) is 0 Å². The van der Waals surface area contributed by atoms with Gasteiger partial charge < -0.3 is 14.2 Å². The monoisotopic (exact) mass is 552 g/mol. The zero-order chi connectivity index (χ0) is 28.4. The fourth-order valence-corrected chi connectivity index (χ4v) is 1.51. The Kier molecular flexibility index (Phi) is 9.22. The minimum Gasteiger partial charge on any atom is -0.458 e. The first-order valence-electron chi connectivity index (χ1n) is 8.10. The summed E-state index contributed by atoms with van der Waals surface area (Å²) >= 11 is 0. The number of ether oxygens (including phenoxy) is 3. The van der Waals surface area contributed by atoms with Crippen LogP contribution in [0.1, 0.15) is 6.92 Å². The zero-order valence-corrected chi connectivity index (χ0v) is 16.4. The molecule has 0 radical (unpaired) electrons. The van der Waals surface area contributed by atoms with E-state index in [-0.39, 0.29) is 0 Å². The van der Waals surface area contributed by atoms with Crippen molar-refractivity contribution in [2.24, 2.45) is 0 Å². The third kappa shape index (κ3) is 6.65. The average molecular weight is 552 g/mol. The molecule has 1 unspecified atom stereocenters. The number of rotatable bonds is 10. The maximum atomic E-state index is 13.3. The van der Waals surface area contributed by atoms with Crippen molar-refractivity contribution in [1.29, 1.82) is 0 Å². The molecule has 0 saturated heterocycles. The van der Waals surface area contributed by atoms with Gasteiger partial charge in [0.1, 0.15) is 13.2 Å². The molecule has 0 N–H and O–H groups in total. The lowest BCUT2D eigenvalue weighted by molar-refractivity contribution is -0.350. The summed E-state index contributed by atoms with van der Waals surface area (Å²) in [5.74, 6) is -36.6. The van der Waals surface area contributed by atoms with E-state index in [1.54, 1.807) is 0 Å². The number of esters is 3. The molecule has 0 heterocycles. The maximum absolute atomic E-state index is 13.3. The molecule has 0 aliphatic rings. The molecule has 0 aromatic rings. The standard InChI is InChI=1S/C15H10F14O6/c1-5(2)7(30)33-3-6(35-9(32)11(18,19)13(22,23)15(27,28)29)4-34-8(31)10(16,17)12(20,21)14(24,25)26/h6H,1,3-4H2,2H3. The van der Waals surface area contributed by atoms with Gasteiger partial charge in [-0.05, 0) is 6.92 Å². The minimum atomic E-state index is -7.10. The maximum Gasteiger partial charge on any atom is 0.460 e. The fraction of sp³-hybridized carbons (Fsp3) is 0.667. The molecule has 0 fully saturated rings. The summed E-state index contributed by atoms with van der Waals surface area (Å²) in [6.45, 7) is -0.157. The highest BCUT2D eigenvalue weighted by molar-refractivity contribution is 5.87.